The number of carbonyl (C=O) groups excluding carboxylic acids is 1. The molecule has 1 amide bonds. The summed E-state index contributed by atoms with van der Waals surface area (Å²) in [5.74, 6) is -1.18. The predicted molar refractivity (Wildman–Crippen MR) is 155 cm³/mol. The van der Waals surface area contributed by atoms with Gasteiger partial charge in [0.15, 0.2) is 0 Å². The molecule has 0 unspecified atom stereocenters. The fourth-order valence-electron chi connectivity index (χ4n) is 5.84. The van der Waals surface area contributed by atoms with Gasteiger partial charge in [-0.15, -0.1) is 0 Å². The number of halogens is 1. The summed E-state index contributed by atoms with van der Waals surface area (Å²) in [7, 11) is 1.55. The number of nitrogens with one attached hydrogen (secondary N) is 1. The van der Waals surface area contributed by atoms with E-state index >= 15 is 0 Å². The van der Waals surface area contributed by atoms with E-state index in [-0.39, 0.29) is 17.3 Å². The number of benzene rings is 3. The van der Waals surface area contributed by atoms with Gasteiger partial charge in [0.1, 0.15) is 11.4 Å². The highest BCUT2D eigenvalue weighted by atomic mass is 19.1. The van der Waals surface area contributed by atoms with E-state index in [2.05, 4.69) is 15.3 Å². The summed E-state index contributed by atoms with van der Waals surface area (Å²) >= 11 is 0. The molecule has 214 valence electrons. The lowest BCUT2D eigenvalue weighted by molar-refractivity contribution is -0.134. The van der Waals surface area contributed by atoms with Crippen LogP contribution in [0.1, 0.15) is 40.7 Å². The first-order chi connectivity index (χ1) is 19.9. The summed E-state index contributed by atoms with van der Waals surface area (Å²) in [6, 6.07) is 23.1. The first-order valence-electron chi connectivity index (χ1n) is 13.8. The molecule has 2 aliphatic rings. The van der Waals surface area contributed by atoms with Crippen LogP contribution in [-0.2, 0) is 16.2 Å². The number of hydrogen-bond acceptors (Lipinski definition) is 6. The lowest BCUT2D eigenvalue weighted by atomic mass is 9.85. The van der Waals surface area contributed by atoms with Gasteiger partial charge in [-0.2, -0.15) is 0 Å². The van der Waals surface area contributed by atoms with Crippen molar-refractivity contribution in [2.24, 2.45) is 0 Å². The predicted octanol–water partition coefficient (Wildman–Crippen LogP) is 4.75. The van der Waals surface area contributed by atoms with Gasteiger partial charge in [0.25, 0.3) is 0 Å². The highest BCUT2D eigenvalue weighted by Crippen LogP contribution is 2.40. The fourth-order valence-corrected chi connectivity index (χ4v) is 5.84. The Kier molecular flexibility index (Phi) is 8.66. The minimum atomic E-state index is -0.980. The number of piperidine rings is 1. The number of hydrogen-bond donors (Lipinski definition) is 2. The second-order valence-electron chi connectivity index (χ2n) is 10.5. The van der Waals surface area contributed by atoms with Crippen LogP contribution in [0.3, 0.4) is 0 Å². The molecule has 2 saturated heterocycles. The monoisotopic (exact) mass is 558 g/mol. The Morgan fingerprint density at radius 1 is 1.02 bits per heavy atom. The number of carbonyl (C=O) groups is 2. The van der Waals surface area contributed by atoms with E-state index in [4.69, 9.17) is 4.84 Å². The summed E-state index contributed by atoms with van der Waals surface area (Å²) in [6.07, 6.45) is 4.19. The van der Waals surface area contributed by atoms with Gasteiger partial charge >= 0.3 is 5.97 Å². The van der Waals surface area contributed by atoms with Crippen LogP contribution >= 0.6 is 0 Å². The van der Waals surface area contributed by atoms with Crippen LogP contribution in [0.25, 0.3) is 5.70 Å². The number of nitrogens with zero attached hydrogens (tertiary/aromatic N) is 3. The zero-order valence-electron chi connectivity index (χ0n) is 23.1. The maximum Gasteiger partial charge on any atom is 0.335 e. The van der Waals surface area contributed by atoms with E-state index in [1.165, 1.54) is 12.1 Å². The second-order valence-corrected chi connectivity index (χ2v) is 10.5. The van der Waals surface area contributed by atoms with Crippen LogP contribution in [0, 0.1) is 5.82 Å². The van der Waals surface area contributed by atoms with Gasteiger partial charge in [0.05, 0.1) is 25.0 Å². The average Bonchev–Trinajstić information content (AvgIpc) is 3.25. The molecule has 41 heavy (non-hydrogen) atoms. The minimum absolute atomic E-state index is 0.0875. The second kappa shape index (κ2) is 12.5. The van der Waals surface area contributed by atoms with Gasteiger partial charge in [-0.05, 0) is 78.9 Å². The molecule has 0 aromatic heterocycles. The Morgan fingerprint density at radius 3 is 2.44 bits per heavy atom. The van der Waals surface area contributed by atoms with Crippen molar-refractivity contribution in [2.75, 3.05) is 38.3 Å². The molecule has 9 heteroatoms. The third-order valence-electron chi connectivity index (χ3n) is 7.97. The summed E-state index contributed by atoms with van der Waals surface area (Å²) in [5.41, 5.74) is 5.90. The lowest BCUT2D eigenvalue weighted by Gasteiger charge is -2.43. The first kappa shape index (κ1) is 28.3. The van der Waals surface area contributed by atoms with Crippen molar-refractivity contribution in [3.05, 3.63) is 107 Å². The smallest absolute Gasteiger partial charge is 0.335 e. The molecule has 0 aliphatic carbocycles. The van der Waals surface area contributed by atoms with Gasteiger partial charge < -0.3 is 19.8 Å². The Bertz CT molecular complexity index is 1390. The standard InChI is InChI=1S/C32H35FN4O4/c1-41-34-29(25-12-14-27(33)15-13-25)11-6-18-35-19-16-32(17-20-35)31(40)36(23-37(32)28-9-3-2-4-10-28)22-24-7-5-8-26(21-24)30(38)39/h2-5,7-15,21,34H,6,16-20,22-23H2,1H3,(H,38,39). The number of aromatic carboxylic acids is 1. The summed E-state index contributed by atoms with van der Waals surface area (Å²) in [4.78, 5) is 37.1. The Labute approximate surface area is 239 Å². The molecule has 5 rings (SSSR count). The minimum Gasteiger partial charge on any atom is -0.478 e. The van der Waals surface area contributed by atoms with Crippen molar-refractivity contribution in [3.63, 3.8) is 0 Å². The largest absolute Gasteiger partial charge is 0.478 e. The average molecular weight is 559 g/mol. The van der Waals surface area contributed by atoms with E-state index in [9.17, 15) is 19.1 Å². The van der Waals surface area contributed by atoms with E-state index in [0.717, 1.165) is 48.6 Å². The van der Waals surface area contributed by atoms with Crippen LogP contribution in [0.5, 0.6) is 0 Å². The van der Waals surface area contributed by atoms with Crippen LogP contribution in [0.4, 0.5) is 10.1 Å². The Balaban J connectivity index is 1.28. The quantitative estimate of drug-likeness (QED) is 0.348. The maximum absolute atomic E-state index is 14.0. The highest BCUT2D eigenvalue weighted by Gasteiger charge is 2.53. The van der Waals surface area contributed by atoms with Gasteiger partial charge in [-0.3, -0.25) is 15.1 Å². The SMILES string of the molecule is CONC(=CCCN1CCC2(CC1)C(=O)N(Cc1cccc(C(=O)O)c1)CN2c1ccccc1)c1ccc(F)cc1. The van der Waals surface area contributed by atoms with Crippen molar-refractivity contribution in [3.8, 4) is 0 Å². The lowest BCUT2D eigenvalue weighted by Crippen LogP contribution is -2.56. The molecule has 2 fully saturated rings. The Morgan fingerprint density at radius 2 is 1.76 bits per heavy atom. The number of anilines is 1. The molecule has 0 radical (unpaired) electrons. The molecule has 2 N–H and O–H groups in total. The third-order valence-corrected chi connectivity index (χ3v) is 7.97. The number of amides is 1. The highest BCUT2D eigenvalue weighted by molar-refractivity contribution is 5.93. The Hall–Kier alpha value is -4.21. The molecule has 0 saturated carbocycles. The maximum atomic E-state index is 14.0. The molecule has 0 atom stereocenters. The number of hydroxylamine groups is 1. The molecular weight excluding hydrogens is 523 g/mol. The van der Waals surface area contributed by atoms with Crippen LogP contribution < -0.4 is 10.4 Å². The van der Waals surface area contributed by atoms with E-state index < -0.39 is 11.5 Å². The van der Waals surface area contributed by atoms with Gasteiger partial charge in [0, 0.05) is 31.9 Å². The number of rotatable bonds is 10. The van der Waals surface area contributed by atoms with Gasteiger partial charge in [0.2, 0.25) is 5.91 Å². The molecule has 8 nitrogen and oxygen atoms in total. The molecule has 1 spiro atoms. The number of likely N-dealkylation sites (tertiary alicyclic amines) is 1. The molecule has 3 aromatic carbocycles. The first-order valence-corrected chi connectivity index (χ1v) is 13.8. The normalized spacial score (nSPS) is 17.3. The van der Waals surface area contributed by atoms with Crippen molar-refractivity contribution in [2.45, 2.75) is 31.3 Å². The molecule has 3 aromatic rings. The van der Waals surface area contributed by atoms with E-state index in [0.29, 0.717) is 26.1 Å². The van der Waals surface area contributed by atoms with Crippen LogP contribution in [0.15, 0.2) is 84.9 Å². The van der Waals surface area contributed by atoms with Crippen LogP contribution in [0.2, 0.25) is 0 Å². The summed E-state index contributed by atoms with van der Waals surface area (Å²) in [6.45, 7) is 3.17. The number of carboxylic acids is 1. The molecule has 2 heterocycles. The van der Waals surface area contributed by atoms with Crippen molar-refractivity contribution in [1.82, 2.24) is 15.3 Å². The topological polar surface area (TPSA) is 85.3 Å². The zero-order valence-corrected chi connectivity index (χ0v) is 23.1. The van der Waals surface area contributed by atoms with E-state index in [1.54, 1.807) is 37.4 Å². The number of para-hydroxylation sites is 1. The fraction of sp³-hybridized carbons (Fsp3) is 0.312. The van der Waals surface area contributed by atoms with Gasteiger partial charge in [-0.25, -0.2) is 9.18 Å². The van der Waals surface area contributed by atoms with Gasteiger partial charge in [-0.1, -0.05) is 36.4 Å². The van der Waals surface area contributed by atoms with Crippen molar-refractivity contribution < 1.29 is 23.9 Å². The van der Waals surface area contributed by atoms with Crippen molar-refractivity contribution in [1.29, 1.82) is 0 Å². The molecular formula is C32H35FN4O4. The van der Waals surface area contributed by atoms with Crippen molar-refractivity contribution >= 4 is 23.3 Å². The van der Waals surface area contributed by atoms with Crippen LogP contribution in [-0.4, -0.2) is 65.7 Å². The zero-order chi connectivity index (χ0) is 28.8. The molecule has 2 aliphatic heterocycles. The third kappa shape index (κ3) is 6.26. The van der Waals surface area contributed by atoms with E-state index in [1.807, 2.05) is 47.4 Å². The molecule has 0 bridgehead atoms. The summed E-state index contributed by atoms with van der Waals surface area (Å²) < 4.78 is 13.4. The number of carboxylic acid groups (broad SMARTS) is 1. The summed E-state index contributed by atoms with van der Waals surface area (Å²) in [5, 5.41) is 9.40.